The van der Waals surface area contributed by atoms with Gasteiger partial charge in [0.15, 0.2) is 5.82 Å². The van der Waals surface area contributed by atoms with Gasteiger partial charge in [-0.05, 0) is 67.0 Å². The molecule has 4 aromatic heterocycles. The van der Waals surface area contributed by atoms with Crippen molar-refractivity contribution in [1.29, 1.82) is 0 Å². The van der Waals surface area contributed by atoms with E-state index in [0.29, 0.717) is 6.42 Å². The predicted octanol–water partition coefficient (Wildman–Crippen LogP) is 4.04. The van der Waals surface area contributed by atoms with E-state index < -0.39 is 0 Å². The first-order valence-corrected chi connectivity index (χ1v) is 12.6. The molecule has 2 aliphatic rings. The fourth-order valence-electron chi connectivity index (χ4n) is 6.23. The quantitative estimate of drug-likeness (QED) is 0.343. The number of carbonyl (C=O) groups is 1. The number of pyridine rings is 1. The predicted molar refractivity (Wildman–Crippen MR) is 142 cm³/mol. The molecule has 10 heteroatoms. The number of nitrogens with two attached hydrogens (primary N) is 1. The number of carboxylic acid groups (broad SMARTS) is 1. The molecule has 9 nitrogen and oxygen atoms in total. The number of benzene rings is 1. The highest BCUT2D eigenvalue weighted by Crippen LogP contribution is 2.51. The van der Waals surface area contributed by atoms with Gasteiger partial charge < -0.3 is 15.7 Å². The smallest absolute Gasteiger partial charge is 0.290 e. The topological polar surface area (TPSA) is 114 Å². The SMILES string of the molecule is Cc1nc(N2CCC3(CC2)Cc2c(F)cccc2[C@H]3N)c2ccnn2c1-c1cnn2ccccc12.O=CO. The van der Waals surface area contributed by atoms with Gasteiger partial charge >= 0.3 is 0 Å². The van der Waals surface area contributed by atoms with Crippen LogP contribution in [0.15, 0.2) is 61.1 Å². The molecule has 194 valence electrons. The van der Waals surface area contributed by atoms with Crippen LogP contribution in [0.5, 0.6) is 0 Å². The summed E-state index contributed by atoms with van der Waals surface area (Å²) in [4.78, 5) is 15.8. The Morgan fingerprint density at radius 2 is 1.89 bits per heavy atom. The van der Waals surface area contributed by atoms with Gasteiger partial charge in [-0.1, -0.05) is 18.2 Å². The van der Waals surface area contributed by atoms with E-state index in [4.69, 9.17) is 20.6 Å². The minimum Gasteiger partial charge on any atom is -0.483 e. The summed E-state index contributed by atoms with van der Waals surface area (Å²) in [6.45, 7) is 3.43. The molecule has 1 atom stereocenters. The monoisotopic (exact) mass is 513 g/mol. The normalized spacial score (nSPS) is 18.0. The van der Waals surface area contributed by atoms with E-state index in [2.05, 4.69) is 21.2 Å². The molecule has 0 amide bonds. The second-order valence-electron chi connectivity index (χ2n) is 10.0. The molecule has 1 spiro atoms. The van der Waals surface area contributed by atoms with Gasteiger partial charge in [-0.2, -0.15) is 10.2 Å². The minimum absolute atomic E-state index is 0.0936. The molecule has 0 saturated carbocycles. The van der Waals surface area contributed by atoms with Crippen LogP contribution in [0.2, 0.25) is 0 Å². The molecule has 1 saturated heterocycles. The van der Waals surface area contributed by atoms with E-state index in [1.54, 1.807) is 12.1 Å². The van der Waals surface area contributed by atoms with Gasteiger partial charge in [0.25, 0.3) is 6.47 Å². The first-order valence-electron chi connectivity index (χ1n) is 12.6. The largest absolute Gasteiger partial charge is 0.483 e. The number of nitrogens with zero attached hydrogens (tertiary/aromatic N) is 6. The van der Waals surface area contributed by atoms with Crippen LogP contribution in [-0.2, 0) is 11.2 Å². The average Bonchev–Trinajstić information content (AvgIpc) is 3.64. The van der Waals surface area contributed by atoms with Gasteiger partial charge in [-0.15, -0.1) is 0 Å². The van der Waals surface area contributed by atoms with Crippen LogP contribution in [0.25, 0.3) is 22.3 Å². The molecule has 38 heavy (non-hydrogen) atoms. The Morgan fingerprint density at radius 3 is 2.66 bits per heavy atom. The summed E-state index contributed by atoms with van der Waals surface area (Å²) >= 11 is 0. The zero-order valence-corrected chi connectivity index (χ0v) is 21.0. The Labute approximate surface area is 218 Å². The molecule has 0 radical (unpaired) electrons. The lowest BCUT2D eigenvalue weighted by Gasteiger charge is -2.42. The Hall–Kier alpha value is -4.31. The van der Waals surface area contributed by atoms with Crippen molar-refractivity contribution in [2.75, 3.05) is 18.0 Å². The summed E-state index contributed by atoms with van der Waals surface area (Å²) < 4.78 is 18.3. The van der Waals surface area contributed by atoms with Crippen molar-refractivity contribution in [3.05, 3.63) is 83.7 Å². The van der Waals surface area contributed by atoms with E-state index >= 15 is 0 Å². The lowest BCUT2D eigenvalue weighted by Crippen LogP contribution is -2.44. The summed E-state index contributed by atoms with van der Waals surface area (Å²) in [5.41, 5.74) is 13.2. The molecule has 1 aliphatic heterocycles. The highest BCUT2D eigenvalue weighted by Gasteiger charge is 2.47. The number of aromatic nitrogens is 5. The molecular formula is C28H28FN7O2. The standard InChI is InChI=1S/C27H26FN7.CH2O2/c1-17-24(20-16-31-34-12-3-2-7-22(20)34)35-23(8-11-30-35)26(32-17)33-13-9-27(10-14-33)15-19-18(25(27)29)5-4-6-21(19)28;2-1-3/h2-8,11-12,16,25H,9-10,13-15,29H2,1H3;1H,(H,2,3)/t25-;/m1./s1. The van der Waals surface area contributed by atoms with Crippen LogP contribution in [0.1, 0.15) is 35.7 Å². The third kappa shape index (κ3) is 3.63. The number of piperidine rings is 1. The average molecular weight is 514 g/mol. The molecule has 0 unspecified atom stereocenters. The third-order valence-corrected chi connectivity index (χ3v) is 8.12. The van der Waals surface area contributed by atoms with Crippen LogP contribution in [-0.4, -0.2) is 48.9 Å². The zero-order chi connectivity index (χ0) is 26.4. The maximum atomic E-state index is 14.5. The van der Waals surface area contributed by atoms with Gasteiger partial charge in [0.05, 0.1) is 29.3 Å². The van der Waals surface area contributed by atoms with E-state index in [-0.39, 0.29) is 23.7 Å². The zero-order valence-electron chi connectivity index (χ0n) is 21.0. The maximum absolute atomic E-state index is 14.5. The van der Waals surface area contributed by atoms with Crippen molar-refractivity contribution < 1.29 is 14.3 Å². The van der Waals surface area contributed by atoms with Crippen molar-refractivity contribution in [3.8, 4) is 11.3 Å². The van der Waals surface area contributed by atoms with Gasteiger partial charge in [0.2, 0.25) is 0 Å². The molecule has 7 rings (SSSR count). The summed E-state index contributed by atoms with van der Waals surface area (Å²) in [6.07, 6.45) is 8.16. The lowest BCUT2D eigenvalue weighted by molar-refractivity contribution is -0.122. The van der Waals surface area contributed by atoms with Gasteiger partial charge in [-0.3, -0.25) is 4.79 Å². The number of hydrogen-bond donors (Lipinski definition) is 2. The van der Waals surface area contributed by atoms with Gasteiger partial charge in [-0.25, -0.2) is 18.4 Å². The minimum atomic E-state index is -0.250. The molecular weight excluding hydrogens is 485 g/mol. The van der Waals surface area contributed by atoms with Crippen molar-refractivity contribution in [3.63, 3.8) is 0 Å². The van der Waals surface area contributed by atoms with Crippen LogP contribution < -0.4 is 10.6 Å². The summed E-state index contributed by atoms with van der Waals surface area (Å²) in [7, 11) is 0. The van der Waals surface area contributed by atoms with Crippen LogP contribution in [0.4, 0.5) is 10.2 Å². The Bertz CT molecular complexity index is 1650. The fraction of sp³-hybridized carbons (Fsp3) is 0.286. The number of anilines is 1. The number of halogens is 1. The Balaban J connectivity index is 0.000000843. The van der Waals surface area contributed by atoms with Crippen LogP contribution in [0.3, 0.4) is 0 Å². The first kappa shape index (κ1) is 24.1. The highest BCUT2D eigenvalue weighted by atomic mass is 19.1. The number of aryl methyl sites for hydroxylation is 1. The molecule has 5 heterocycles. The molecule has 1 fully saturated rings. The van der Waals surface area contributed by atoms with Crippen molar-refractivity contribution >= 4 is 23.3 Å². The fourth-order valence-corrected chi connectivity index (χ4v) is 6.23. The molecule has 1 aliphatic carbocycles. The summed E-state index contributed by atoms with van der Waals surface area (Å²) in [6, 6.07) is 13.2. The second kappa shape index (κ2) is 9.21. The van der Waals surface area contributed by atoms with Crippen molar-refractivity contribution in [2.24, 2.45) is 11.1 Å². The van der Waals surface area contributed by atoms with Crippen LogP contribution in [0, 0.1) is 18.2 Å². The molecule has 5 aromatic rings. The molecule has 3 N–H and O–H groups in total. The van der Waals surface area contributed by atoms with E-state index in [1.165, 1.54) is 0 Å². The summed E-state index contributed by atoms with van der Waals surface area (Å²) in [5, 5.41) is 16.1. The third-order valence-electron chi connectivity index (χ3n) is 8.12. The Kier molecular flexibility index (Phi) is 5.83. The van der Waals surface area contributed by atoms with Crippen molar-refractivity contribution in [2.45, 2.75) is 32.2 Å². The van der Waals surface area contributed by atoms with Crippen molar-refractivity contribution in [1.82, 2.24) is 24.2 Å². The van der Waals surface area contributed by atoms with E-state index in [0.717, 1.165) is 70.9 Å². The molecule has 0 bridgehead atoms. The number of rotatable bonds is 2. The lowest BCUT2D eigenvalue weighted by atomic mass is 9.73. The van der Waals surface area contributed by atoms with Gasteiger partial charge in [0, 0.05) is 30.9 Å². The second-order valence-corrected chi connectivity index (χ2v) is 10.0. The van der Waals surface area contributed by atoms with Gasteiger partial charge in [0.1, 0.15) is 11.3 Å². The first-order chi connectivity index (χ1) is 18.5. The molecule has 1 aromatic carbocycles. The van der Waals surface area contributed by atoms with E-state index in [1.807, 2.05) is 58.8 Å². The summed E-state index contributed by atoms with van der Waals surface area (Å²) in [5.74, 6) is 0.809. The Morgan fingerprint density at radius 1 is 1.11 bits per heavy atom. The van der Waals surface area contributed by atoms with E-state index in [9.17, 15) is 4.39 Å². The number of hydrogen-bond acceptors (Lipinski definition) is 6. The number of fused-ring (bicyclic) bond motifs is 3. The maximum Gasteiger partial charge on any atom is 0.290 e. The van der Waals surface area contributed by atoms with Crippen LogP contribution >= 0.6 is 0 Å². The highest BCUT2D eigenvalue weighted by molar-refractivity contribution is 5.83.